The molecular weight excluding hydrogens is 340 g/mol. The third kappa shape index (κ3) is 3.65. The molecule has 1 saturated heterocycles. The molecule has 3 heterocycles. The van der Waals surface area contributed by atoms with Gasteiger partial charge in [0.25, 0.3) is 0 Å². The highest BCUT2D eigenvalue weighted by Gasteiger charge is 2.28. The molecule has 7 nitrogen and oxygen atoms in total. The Morgan fingerprint density at radius 2 is 2.15 bits per heavy atom. The maximum Gasteiger partial charge on any atom is 0.227 e. The van der Waals surface area contributed by atoms with E-state index in [0.717, 1.165) is 68.8 Å². The molecule has 1 saturated carbocycles. The lowest BCUT2D eigenvalue weighted by Gasteiger charge is -2.33. The smallest absolute Gasteiger partial charge is 0.227 e. The van der Waals surface area contributed by atoms with Gasteiger partial charge in [0.1, 0.15) is 11.9 Å². The van der Waals surface area contributed by atoms with Gasteiger partial charge in [0.15, 0.2) is 0 Å². The molecule has 2 aliphatic rings. The van der Waals surface area contributed by atoms with E-state index in [4.69, 9.17) is 0 Å². The number of carbonyl (C=O) groups is 1. The van der Waals surface area contributed by atoms with E-state index in [-0.39, 0.29) is 17.7 Å². The molecule has 7 heteroatoms. The zero-order valence-corrected chi connectivity index (χ0v) is 15.3. The number of hydrogen-bond donors (Lipinski definition) is 2. The zero-order valence-electron chi connectivity index (χ0n) is 15.3. The summed E-state index contributed by atoms with van der Waals surface area (Å²) in [5.41, 5.74) is 2.36. The molecule has 0 spiro atoms. The van der Waals surface area contributed by atoms with Crippen LogP contribution in [0, 0.1) is 17.2 Å². The summed E-state index contributed by atoms with van der Waals surface area (Å²) in [4.78, 5) is 19.1. The van der Waals surface area contributed by atoms with Crippen molar-refractivity contribution in [2.24, 2.45) is 5.92 Å². The van der Waals surface area contributed by atoms with Crippen LogP contribution in [0.1, 0.15) is 55.7 Å². The van der Waals surface area contributed by atoms with Gasteiger partial charge in [-0.1, -0.05) is 12.8 Å². The molecule has 140 valence electrons. The number of hydrogen-bond acceptors (Lipinski definition) is 5. The van der Waals surface area contributed by atoms with Crippen molar-refractivity contribution in [3.8, 4) is 6.07 Å². The van der Waals surface area contributed by atoms with E-state index in [1.807, 2.05) is 0 Å². The van der Waals surface area contributed by atoms with Gasteiger partial charge >= 0.3 is 0 Å². The van der Waals surface area contributed by atoms with Crippen LogP contribution in [0.15, 0.2) is 24.5 Å². The monoisotopic (exact) mass is 364 g/mol. The second-order valence-corrected chi connectivity index (χ2v) is 7.44. The first-order chi connectivity index (χ1) is 13.3. The molecule has 4 rings (SSSR count). The first-order valence-corrected chi connectivity index (χ1v) is 9.70. The second-order valence-electron chi connectivity index (χ2n) is 7.44. The highest BCUT2D eigenvalue weighted by Crippen LogP contribution is 2.33. The van der Waals surface area contributed by atoms with Crippen LogP contribution < -0.4 is 10.2 Å². The minimum atomic E-state index is 0.110. The topological polar surface area (TPSA) is 97.7 Å². The summed E-state index contributed by atoms with van der Waals surface area (Å²) in [6, 6.07) is 5.82. The summed E-state index contributed by atoms with van der Waals surface area (Å²) < 4.78 is 0. The van der Waals surface area contributed by atoms with Gasteiger partial charge in [-0.25, -0.2) is 4.98 Å². The number of anilines is 2. The number of nitrogens with one attached hydrogen (secondary N) is 2. The van der Waals surface area contributed by atoms with Crippen molar-refractivity contribution >= 4 is 17.4 Å². The molecule has 2 aromatic rings. The molecule has 1 aliphatic carbocycles. The Morgan fingerprint density at radius 3 is 2.96 bits per heavy atom. The number of rotatable bonds is 4. The minimum absolute atomic E-state index is 0.110. The Kier molecular flexibility index (Phi) is 5.05. The van der Waals surface area contributed by atoms with Gasteiger partial charge in [0, 0.05) is 31.1 Å². The van der Waals surface area contributed by atoms with E-state index in [2.05, 4.69) is 31.5 Å². The minimum Gasteiger partial charge on any atom is -0.355 e. The SMILES string of the molecule is N#Cc1cccnc1N1CCC[C@H](c2[nH]ncc2NC(=O)C2CCCC2)C1. The predicted molar refractivity (Wildman–Crippen MR) is 102 cm³/mol. The number of amides is 1. The molecule has 2 N–H and O–H groups in total. The third-order valence-electron chi connectivity index (χ3n) is 5.69. The lowest BCUT2D eigenvalue weighted by Crippen LogP contribution is -2.36. The summed E-state index contributed by atoms with van der Waals surface area (Å²) in [5.74, 6) is 1.19. The van der Waals surface area contributed by atoms with Gasteiger partial charge in [0.05, 0.1) is 23.1 Å². The maximum atomic E-state index is 12.5. The van der Waals surface area contributed by atoms with E-state index >= 15 is 0 Å². The van der Waals surface area contributed by atoms with Crippen molar-refractivity contribution in [3.63, 3.8) is 0 Å². The first kappa shape index (κ1) is 17.5. The van der Waals surface area contributed by atoms with Gasteiger partial charge in [-0.3, -0.25) is 9.89 Å². The van der Waals surface area contributed by atoms with Crippen molar-refractivity contribution in [1.82, 2.24) is 15.2 Å². The van der Waals surface area contributed by atoms with E-state index in [1.54, 1.807) is 24.5 Å². The van der Waals surface area contributed by atoms with Crippen LogP contribution in [-0.4, -0.2) is 34.2 Å². The van der Waals surface area contributed by atoms with Crippen LogP contribution in [0.5, 0.6) is 0 Å². The Labute approximate surface area is 158 Å². The molecule has 0 bridgehead atoms. The Hall–Kier alpha value is -2.88. The van der Waals surface area contributed by atoms with E-state index in [9.17, 15) is 10.1 Å². The van der Waals surface area contributed by atoms with Crippen molar-refractivity contribution in [2.75, 3.05) is 23.3 Å². The molecule has 1 amide bonds. The van der Waals surface area contributed by atoms with E-state index in [1.165, 1.54) is 0 Å². The molecular formula is C20H24N6O. The maximum absolute atomic E-state index is 12.5. The summed E-state index contributed by atoms with van der Waals surface area (Å²) in [6.07, 6.45) is 9.69. The highest BCUT2D eigenvalue weighted by atomic mass is 16.1. The predicted octanol–water partition coefficient (Wildman–Crippen LogP) is 3.19. The Morgan fingerprint density at radius 1 is 1.30 bits per heavy atom. The molecule has 1 aliphatic heterocycles. The fourth-order valence-corrected chi connectivity index (χ4v) is 4.27. The van der Waals surface area contributed by atoms with Crippen molar-refractivity contribution in [2.45, 2.75) is 44.4 Å². The van der Waals surface area contributed by atoms with Crippen LogP contribution in [0.3, 0.4) is 0 Å². The number of pyridine rings is 1. The Balaban J connectivity index is 1.50. The second kappa shape index (κ2) is 7.78. The van der Waals surface area contributed by atoms with Crippen LogP contribution >= 0.6 is 0 Å². The fraction of sp³-hybridized carbons (Fsp3) is 0.500. The highest BCUT2D eigenvalue weighted by molar-refractivity contribution is 5.93. The normalized spacial score (nSPS) is 20.4. The lowest BCUT2D eigenvalue weighted by atomic mass is 9.93. The number of nitrogens with zero attached hydrogens (tertiary/aromatic N) is 4. The van der Waals surface area contributed by atoms with E-state index < -0.39 is 0 Å². The van der Waals surface area contributed by atoms with Gasteiger partial charge in [0.2, 0.25) is 5.91 Å². The summed E-state index contributed by atoms with van der Waals surface area (Å²) in [7, 11) is 0. The number of carbonyl (C=O) groups excluding carboxylic acids is 1. The van der Waals surface area contributed by atoms with Gasteiger partial charge in [-0.05, 0) is 37.8 Å². The number of H-pyrrole nitrogens is 1. The molecule has 1 atom stereocenters. The molecule has 2 aromatic heterocycles. The van der Waals surface area contributed by atoms with Crippen LogP contribution in [0.4, 0.5) is 11.5 Å². The van der Waals surface area contributed by atoms with Gasteiger partial charge in [-0.15, -0.1) is 0 Å². The molecule has 0 radical (unpaired) electrons. The summed E-state index contributed by atoms with van der Waals surface area (Å²) in [5, 5.41) is 19.7. The average molecular weight is 364 g/mol. The summed E-state index contributed by atoms with van der Waals surface area (Å²) >= 11 is 0. The molecule has 0 unspecified atom stereocenters. The lowest BCUT2D eigenvalue weighted by molar-refractivity contribution is -0.119. The van der Waals surface area contributed by atoms with Gasteiger partial charge < -0.3 is 10.2 Å². The Bertz CT molecular complexity index is 848. The van der Waals surface area contributed by atoms with Crippen LogP contribution in [0.25, 0.3) is 0 Å². The van der Waals surface area contributed by atoms with Crippen molar-refractivity contribution < 1.29 is 4.79 Å². The average Bonchev–Trinajstić information content (AvgIpc) is 3.40. The number of aromatic amines is 1. The largest absolute Gasteiger partial charge is 0.355 e. The quantitative estimate of drug-likeness (QED) is 0.868. The van der Waals surface area contributed by atoms with Crippen LogP contribution in [0.2, 0.25) is 0 Å². The number of nitriles is 1. The van der Waals surface area contributed by atoms with Crippen molar-refractivity contribution in [1.29, 1.82) is 5.26 Å². The third-order valence-corrected chi connectivity index (χ3v) is 5.69. The first-order valence-electron chi connectivity index (χ1n) is 9.70. The van der Waals surface area contributed by atoms with Gasteiger partial charge in [-0.2, -0.15) is 10.4 Å². The molecule has 2 fully saturated rings. The number of piperidine rings is 1. The van der Waals surface area contributed by atoms with E-state index in [0.29, 0.717) is 5.56 Å². The van der Waals surface area contributed by atoms with Crippen molar-refractivity contribution in [3.05, 3.63) is 35.8 Å². The molecule has 27 heavy (non-hydrogen) atoms. The van der Waals surface area contributed by atoms with Crippen LogP contribution in [-0.2, 0) is 4.79 Å². The standard InChI is InChI=1S/C20H24N6O/c21-11-15-7-3-9-22-19(15)26-10-4-8-16(13-26)18-17(12-23-25-18)24-20(27)14-5-1-2-6-14/h3,7,9,12,14,16H,1-2,4-6,8,10,13H2,(H,23,25)(H,24,27)/t16-/m0/s1. The fourth-order valence-electron chi connectivity index (χ4n) is 4.27. The zero-order chi connectivity index (χ0) is 18.6. The number of aromatic nitrogens is 3. The summed E-state index contributed by atoms with van der Waals surface area (Å²) in [6.45, 7) is 1.63. The molecule has 0 aromatic carbocycles.